The molecule has 0 radical (unpaired) electrons. The highest BCUT2D eigenvalue weighted by atomic mass is 32.1. The molecule has 2 N–H and O–H groups in total. The Hall–Kier alpha value is -2.28. The van der Waals surface area contributed by atoms with E-state index in [1.54, 1.807) is 5.38 Å². The molecule has 2 amide bonds. The Morgan fingerprint density at radius 2 is 2.14 bits per heavy atom. The highest BCUT2D eigenvalue weighted by Crippen LogP contribution is 2.17. The molecular weight excluding hydrogens is 305 g/mol. The smallest absolute Gasteiger partial charge is 0.271 e. The second-order valence-corrected chi connectivity index (χ2v) is 5.64. The highest BCUT2D eigenvalue weighted by Gasteiger charge is 2.14. The van der Waals surface area contributed by atoms with Crippen LogP contribution in [-0.2, 0) is 0 Å². The lowest BCUT2D eigenvalue weighted by molar-refractivity contribution is 0.0933. The molecule has 7 heteroatoms. The zero-order valence-corrected chi connectivity index (χ0v) is 13.0. The number of aromatic nitrogens is 1. The van der Waals surface area contributed by atoms with Crippen molar-refractivity contribution in [2.24, 2.45) is 0 Å². The van der Waals surface area contributed by atoms with Crippen molar-refractivity contribution in [1.29, 1.82) is 0 Å². The van der Waals surface area contributed by atoms with Crippen LogP contribution in [0.25, 0.3) is 0 Å². The second-order valence-electron chi connectivity index (χ2n) is 4.79. The zero-order valence-electron chi connectivity index (χ0n) is 12.2. The first-order valence-electron chi connectivity index (χ1n) is 6.83. The summed E-state index contributed by atoms with van der Waals surface area (Å²) in [6, 6.07) is 5.41. The van der Waals surface area contributed by atoms with Crippen LogP contribution < -0.4 is 10.6 Å². The van der Waals surface area contributed by atoms with Crippen LogP contribution in [0.5, 0.6) is 0 Å². The summed E-state index contributed by atoms with van der Waals surface area (Å²) in [5, 5.41) is 7.21. The van der Waals surface area contributed by atoms with Gasteiger partial charge in [-0.05, 0) is 31.5 Å². The van der Waals surface area contributed by atoms with Gasteiger partial charge in [-0.1, -0.05) is 13.0 Å². The number of hydrogen-bond acceptors (Lipinski definition) is 4. The summed E-state index contributed by atoms with van der Waals surface area (Å²) >= 11 is 1.14. The normalized spacial score (nSPS) is 11.8. The number of halogens is 1. The Labute approximate surface area is 131 Å². The van der Waals surface area contributed by atoms with Crippen LogP contribution in [0.4, 0.5) is 9.52 Å². The van der Waals surface area contributed by atoms with Gasteiger partial charge < -0.3 is 5.32 Å². The quantitative estimate of drug-likeness (QED) is 0.889. The number of benzene rings is 1. The Morgan fingerprint density at radius 3 is 2.82 bits per heavy atom. The van der Waals surface area contributed by atoms with E-state index in [0.29, 0.717) is 5.13 Å². The van der Waals surface area contributed by atoms with Crippen LogP contribution in [0, 0.1) is 5.82 Å². The van der Waals surface area contributed by atoms with Crippen molar-refractivity contribution in [1.82, 2.24) is 10.3 Å². The fourth-order valence-electron chi connectivity index (χ4n) is 1.63. The summed E-state index contributed by atoms with van der Waals surface area (Å²) in [6.45, 7) is 3.87. The van der Waals surface area contributed by atoms with Gasteiger partial charge in [0, 0.05) is 17.0 Å². The van der Waals surface area contributed by atoms with Crippen LogP contribution in [0.2, 0.25) is 0 Å². The summed E-state index contributed by atoms with van der Waals surface area (Å²) in [4.78, 5) is 27.9. The predicted molar refractivity (Wildman–Crippen MR) is 83.7 cm³/mol. The number of amides is 2. The lowest BCUT2D eigenvalue weighted by Gasteiger charge is -2.09. The number of nitrogens with zero attached hydrogens (tertiary/aromatic N) is 1. The second kappa shape index (κ2) is 7.13. The molecule has 0 aliphatic carbocycles. The average Bonchev–Trinajstić information content (AvgIpc) is 2.95. The van der Waals surface area contributed by atoms with Crippen molar-refractivity contribution in [3.8, 4) is 0 Å². The summed E-state index contributed by atoms with van der Waals surface area (Å²) in [5.74, 6) is -1.24. The van der Waals surface area contributed by atoms with Crippen molar-refractivity contribution < 1.29 is 14.0 Å². The molecule has 0 fully saturated rings. The monoisotopic (exact) mass is 321 g/mol. The number of anilines is 1. The SMILES string of the molecule is CC[C@@H](C)NC(=O)c1csc(NC(=O)c2cccc(F)c2)n1. The largest absolute Gasteiger partial charge is 0.348 e. The molecule has 0 saturated heterocycles. The van der Waals surface area contributed by atoms with Crippen LogP contribution in [0.3, 0.4) is 0 Å². The first-order chi connectivity index (χ1) is 10.5. The Bertz CT molecular complexity index is 687. The molecule has 0 aliphatic rings. The van der Waals surface area contributed by atoms with Crippen LogP contribution in [-0.4, -0.2) is 22.8 Å². The van der Waals surface area contributed by atoms with E-state index in [2.05, 4.69) is 15.6 Å². The lowest BCUT2D eigenvalue weighted by atomic mass is 10.2. The van der Waals surface area contributed by atoms with E-state index in [1.165, 1.54) is 18.2 Å². The number of carbonyl (C=O) groups is 2. The third-order valence-corrected chi connectivity index (χ3v) is 3.79. The Balaban J connectivity index is 2.03. The van der Waals surface area contributed by atoms with Crippen molar-refractivity contribution in [2.45, 2.75) is 26.3 Å². The Morgan fingerprint density at radius 1 is 1.36 bits per heavy atom. The van der Waals surface area contributed by atoms with Crippen LogP contribution in [0.15, 0.2) is 29.6 Å². The number of nitrogens with one attached hydrogen (secondary N) is 2. The van der Waals surface area contributed by atoms with Crippen molar-refractivity contribution in [3.05, 3.63) is 46.7 Å². The maximum absolute atomic E-state index is 13.1. The minimum Gasteiger partial charge on any atom is -0.348 e. The average molecular weight is 321 g/mol. The molecule has 5 nitrogen and oxygen atoms in total. The molecule has 1 atom stereocenters. The van der Waals surface area contributed by atoms with Crippen molar-refractivity contribution in [3.63, 3.8) is 0 Å². The minimum absolute atomic E-state index is 0.0551. The van der Waals surface area contributed by atoms with Crippen LogP contribution >= 0.6 is 11.3 Å². The molecule has 1 aromatic heterocycles. The fraction of sp³-hybridized carbons (Fsp3) is 0.267. The van der Waals surface area contributed by atoms with Gasteiger partial charge in [-0.2, -0.15) is 0 Å². The first-order valence-corrected chi connectivity index (χ1v) is 7.71. The zero-order chi connectivity index (χ0) is 16.1. The van der Waals surface area contributed by atoms with Crippen molar-refractivity contribution in [2.75, 3.05) is 5.32 Å². The molecule has 22 heavy (non-hydrogen) atoms. The van der Waals surface area contributed by atoms with E-state index in [9.17, 15) is 14.0 Å². The van der Waals surface area contributed by atoms with Crippen LogP contribution in [0.1, 0.15) is 41.1 Å². The number of rotatable bonds is 5. The van der Waals surface area contributed by atoms with E-state index >= 15 is 0 Å². The molecular formula is C15H16FN3O2S. The van der Waals surface area contributed by atoms with Gasteiger partial charge in [0.1, 0.15) is 11.5 Å². The molecule has 0 spiro atoms. The molecule has 116 valence electrons. The van der Waals surface area contributed by atoms with Gasteiger partial charge in [-0.25, -0.2) is 9.37 Å². The van der Waals surface area contributed by atoms with Gasteiger partial charge in [-0.3, -0.25) is 14.9 Å². The summed E-state index contributed by atoms with van der Waals surface area (Å²) < 4.78 is 13.1. The fourth-order valence-corrected chi connectivity index (χ4v) is 2.32. The molecule has 1 heterocycles. The van der Waals surface area contributed by atoms with E-state index in [-0.39, 0.29) is 23.2 Å². The third kappa shape index (κ3) is 4.11. The van der Waals surface area contributed by atoms with Gasteiger partial charge in [0.25, 0.3) is 11.8 Å². The topological polar surface area (TPSA) is 71.1 Å². The first kappa shape index (κ1) is 16.1. The molecule has 2 aromatic rings. The Kier molecular flexibility index (Phi) is 5.21. The molecule has 0 bridgehead atoms. The van der Waals surface area contributed by atoms with E-state index in [4.69, 9.17) is 0 Å². The van der Waals surface area contributed by atoms with E-state index in [0.717, 1.165) is 23.8 Å². The number of hydrogen-bond donors (Lipinski definition) is 2. The van der Waals surface area contributed by atoms with Gasteiger partial charge in [-0.15, -0.1) is 11.3 Å². The van der Waals surface area contributed by atoms with Crippen molar-refractivity contribution >= 4 is 28.3 Å². The molecule has 0 saturated carbocycles. The maximum Gasteiger partial charge on any atom is 0.271 e. The number of thiazole rings is 1. The number of carbonyl (C=O) groups excluding carboxylic acids is 2. The molecule has 1 aromatic carbocycles. The highest BCUT2D eigenvalue weighted by molar-refractivity contribution is 7.14. The molecule has 0 unspecified atom stereocenters. The lowest BCUT2D eigenvalue weighted by Crippen LogP contribution is -2.32. The van der Waals surface area contributed by atoms with Gasteiger partial charge in [0.05, 0.1) is 0 Å². The van der Waals surface area contributed by atoms with Gasteiger partial charge in [0.2, 0.25) is 0 Å². The standard InChI is InChI=1S/C15H16FN3O2S/c1-3-9(2)17-14(21)12-8-22-15(18-12)19-13(20)10-5-4-6-11(16)7-10/h4-9H,3H2,1-2H3,(H,17,21)(H,18,19,20)/t9-/m1/s1. The van der Waals surface area contributed by atoms with Gasteiger partial charge in [0.15, 0.2) is 5.13 Å². The summed E-state index contributed by atoms with van der Waals surface area (Å²) in [6.07, 6.45) is 0.818. The molecule has 2 rings (SSSR count). The van der Waals surface area contributed by atoms with E-state index in [1.807, 2.05) is 13.8 Å². The summed E-state index contributed by atoms with van der Waals surface area (Å²) in [7, 11) is 0. The van der Waals surface area contributed by atoms with Gasteiger partial charge >= 0.3 is 0 Å². The predicted octanol–water partition coefficient (Wildman–Crippen LogP) is 3.06. The molecule has 0 aliphatic heterocycles. The maximum atomic E-state index is 13.1. The summed E-state index contributed by atoms with van der Waals surface area (Å²) in [5.41, 5.74) is 0.445. The third-order valence-electron chi connectivity index (χ3n) is 3.03. The van der Waals surface area contributed by atoms with E-state index < -0.39 is 11.7 Å². The minimum atomic E-state index is -0.486.